The third-order valence-corrected chi connectivity index (χ3v) is 4.37. The van der Waals surface area contributed by atoms with Crippen molar-refractivity contribution in [3.05, 3.63) is 29.8 Å². The van der Waals surface area contributed by atoms with Gasteiger partial charge in [-0.25, -0.2) is 4.79 Å². The predicted molar refractivity (Wildman–Crippen MR) is 72.1 cm³/mol. The van der Waals surface area contributed by atoms with E-state index in [-0.39, 0.29) is 11.3 Å². The van der Waals surface area contributed by atoms with E-state index in [0.717, 1.165) is 11.3 Å². The number of carbonyl (C=O) groups excluding carboxylic acids is 1. The number of carbonyl (C=O) groups is 2. The normalized spacial score (nSPS) is 22.3. The van der Waals surface area contributed by atoms with Crippen molar-refractivity contribution in [3.63, 3.8) is 0 Å². The molecule has 0 unspecified atom stereocenters. The zero-order valence-electron chi connectivity index (χ0n) is 10.7. The quantitative estimate of drug-likeness (QED) is 0.914. The van der Waals surface area contributed by atoms with Gasteiger partial charge >= 0.3 is 5.97 Å². The van der Waals surface area contributed by atoms with E-state index < -0.39 is 12.0 Å². The molecule has 0 aliphatic carbocycles. The first-order valence-electron chi connectivity index (χ1n) is 5.82. The van der Waals surface area contributed by atoms with Gasteiger partial charge in [0, 0.05) is 12.7 Å². The van der Waals surface area contributed by atoms with Gasteiger partial charge in [0.2, 0.25) is 5.91 Å². The summed E-state index contributed by atoms with van der Waals surface area (Å²) in [6.07, 6.45) is 0. The van der Waals surface area contributed by atoms with Crippen LogP contribution in [0.5, 0.6) is 5.75 Å². The second-order valence-corrected chi connectivity index (χ2v) is 5.35. The van der Waals surface area contributed by atoms with Crippen LogP contribution >= 0.6 is 11.8 Å². The number of carboxylic acid groups (broad SMARTS) is 1. The summed E-state index contributed by atoms with van der Waals surface area (Å²) in [5.74, 6) is -0.0427. The summed E-state index contributed by atoms with van der Waals surface area (Å²) < 4.78 is 5.08. The number of rotatable bonds is 3. The number of carboxylic acids is 1. The summed E-state index contributed by atoms with van der Waals surface area (Å²) in [5, 5.41) is 8.91. The summed E-state index contributed by atoms with van der Waals surface area (Å²) in [4.78, 5) is 24.3. The van der Waals surface area contributed by atoms with Gasteiger partial charge in [-0.15, -0.1) is 11.8 Å². The molecule has 5 nitrogen and oxygen atoms in total. The molecule has 1 aromatic rings. The monoisotopic (exact) mass is 281 g/mol. The predicted octanol–water partition coefficient (Wildman–Crippen LogP) is 1.74. The number of methoxy groups -OCH3 is 1. The van der Waals surface area contributed by atoms with Gasteiger partial charge in [0.15, 0.2) is 0 Å². The Balaban J connectivity index is 2.27. The van der Waals surface area contributed by atoms with E-state index >= 15 is 0 Å². The molecule has 1 fully saturated rings. The zero-order chi connectivity index (χ0) is 14.0. The maximum absolute atomic E-state index is 11.7. The summed E-state index contributed by atoms with van der Waals surface area (Å²) in [5.41, 5.74) is 0.907. The third kappa shape index (κ3) is 2.68. The average molecular weight is 281 g/mol. The first-order valence-corrected chi connectivity index (χ1v) is 6.86. The Morgan fingerprint density at radius 3 is 2.47 bits per heavy atom. The number of ether oxygens (including phenoxy) is 1. The van der Waals surface area contributed by atoms with Crippen LogP contribution < -0.4 is 4.74 Å². The van der Waals surface area contributed by atoms with E-state index in [0.29, 0.717) is 5.75 Å². The minimum Gasteiger partial charge on any atom is -0.497 e. The highest BCUT2D eigenvalue weighted by Crippen LogP contribution is 2.41. The summed E-state index contributed by atoms with van der Waals surface area (Å²) in [6.45, 7) is 1.40. The highest BCUT2D eigenvalue weighted by molar-refractivity contribution is 7.99. The van der Waals surface area contributed by atoms with Crippen LogP contribution in [-0.4, -0.2) is 40.8 Å². The van der Waals surface area contributed by atoms with Gasteiger partial charge < -0.3 is 14.7 Å². The molecular weight excluding hydrogens is 266 g/mol. The Morgan fingerprint density at radius 1 is 1.37 bits per heavy atom. The van der Waals surface area contributed by atoms with Crippen LogP contribution in [0.15, 0.2) is 24.3 Å². The molecule has 0 radical (unpaired) electrons. The Hall–Kier alpha value is -1.69. The fourth-order valence-electron chi connectivity index (χ4n) is 2.11. The molecule has 0 spiro atoms. The topological polar surface area (TPSA) is 66.8 Å². The number of benzene rings is 1. The Labute approximate surface area is 115 Å². The summed E-state index contributed by atoms with van der Waals surface area (Å²) >= 11 is 1.47. The zero-order valence-corrected chi connectivity index (χ0v) is 11.5. The van der Waals surface area contributed by atoms with Crippen molar-refractivity contribution < 1.29 is 19.4 Å². The lowest BCUT2D eigenvalue weighted by molar-refractivity contribution is -0.148. The SMILES string of the molecule is COc1ccc([C@@H]2SC[C@H](C(=O)O)N2C(C)=O)cc1. The number of amides is 1. The summed E-state index contributed by atoms with van der Waals surface area (Å²) in [7, 11) is 1.58. The number of nitrogens with zero attached hydrogens (tertiary/aromatic N) is 1. The second kappa shape index (κ2) is 5.52. The Kier molecular flexibility index (Phi) is 3.99. The van der Waals surface area contributed by atoms with Crippen LogP contribution in [0.4, 0.5) is 0 Å². The largest absolute Gasteiger partial charge is 0.497 e. The van der Waals surface area contributed by atoms with Gasteiger partial charge in [0.05, 0.1) is 7.11 Å². The maximum Gasteiger partial charge on any atom is 0.327 e. The van der Waals surface area contributed by atoms with Gasteiger partial charge in [-0.05, 0) is 17.7 Å². The van der Waals surface area contributed by atoms with Gasteiger partial charge in [0.1, 0.15) is 17.2 Å². The molecule has 1 aromatic carbocycles. The van der Waals surface area contributed by atoms with Crippen molar-refractivity contribution in [3.8, 4) is 5.75 Å². The molecule has 2 rings (SSSR count). The molecule has 19 heavy (non-hydrogen) atoms. The van der Waals surface area contributed by atoms with Crippen LogP contribution in [0.3, 0.4) is 0 Å². The lowest BCUT2D eigenvalue weighted by atomic mass is 10.1. The van der Waals surface area contributed by atoms with Crippen LogP contribution in [0, 0.1) is 0 Å². The molecule has 6 heteroatoms. The van der Waals surface area contributed by atoms with Crippen molar-refractivity contribution >= 4 is 23.6 Å². The van der Waals surface area contributed by atoms with Gasteiger partial charge in [0.25, 0.3) is 0 Å². The highest BCUT2D eigenvalue weighted by Gasteiger charge is 2.40. The number of aliphatic carboxylic acids is 1. The fraction of sp³-hybridized carbons (Fsp3) is 0.385. The molecule has 1 N–H and O–H groups in total. The third-order valence-electron chi connectivity index (χ3n) is 3.05. The first-order chi connectivity index (χ1) is 9.04. The molecule has 1 amide bonds. The standard InChI is InChI=1S/C13H15NO4S/c1-8(15)14-11(13(16)17)7-19-12(14)9-3-5-10(18-2)6-4-9/h3-6,11-12H,7H2,1-2H3,(H,16,17)/t11-,12+/m1/s1. The number of hydrogen-bond acceptors (Lipinski definition) is 4. The highest BCUT2D eigenvalue weighted by atomic mass is 32.2. The van der Waals surface area contributed by atoms with Gasteiger partial charge in [-0.2, -0.15) is 0 Å². The minimum absolute atomic E-state index is 0.224. The van der Waals surface area contributed by atoms with E-state index in [4.69, 9.17) is 9.84 Å². The molecule has 1 heterocycles. The molecule has 1 aliphatic heterocycles. The van der Waals surface area contributed by atoms with Crippen LogP contribution in [0.1, 0.15) is 17.9 Å². The lowest BCUT2D eigenvalue weighted by Crippen LogP contribution is -2.41. The lowest BCUT2D eigenvalue weighted by Gasteiger charge is -2.26. The molecule has 102 valence electrons. The van der Waals surface area contributed by atoms with E-state index in [1.807, 2.05) is 24.3 Å². The number of hydrogen-bond donors (Lipinski definition) is 1. The molecule has 1 aliphatic rings. The van der Waals surface area contributed by atoms with Crippen molar-refractivity contribution in [1.82, 2.24) is 4.90 Å². The second-order valence-electron chi connectivity index (χ2n) is 4.24. The van der Waals surface area contributed by atoms with Gasteiger partial charge in [-0.1, -0.05) is 12.1 Å². The van der Waals surface area contributed by atoms with Gasteiger partial charge in [-0.3, -0.25) is 4.79 Å². The molecule has 0 bridgehead atoms. The van der Waals surface area contributed by atoms with Crippen molar-refractivity contribution in [2.24, 2.45) is 0 Å². The molecule has 0 aromatic heterocycles. The van der Waals surface area contributed by atoms with Crippen LogP contribution in [0.2, 0.25) is 0 Å². The molecule has 0 saturated carbocycles. The van der Waals surface area contributed by atoms with Crippen molar-refractivity contribution in [1.29, 1.82) is 0 Å². The van der Waals surface area contributed by atoms with E-state index in [1.165, 1.54) is 23.6 Å². The average Bonchev–Trinajstić information content (AvgIpc) is 2.83. The maximum atomic E-state index is 11.7. The van der Waals surface area contributed by atoms with E-state index in [9.17, 15) is 9.59 Å². The van der Waals surface area contributed by atoms with E-state index in [2.05, 4.69) is 0 Å². The van der Waals surface area contributed by atoms with Crippen LogP contribution in [0.25, 0.3) is 0 Å². The fourth-order valence-corrected chi connectivity index (χ4v) is 3.58. The smallest absolute Gasteiger partial charge is 0.327 e. The van der Waals surface area contributed by atoms with Crippen molar-refractivity contribution in [2.45, 2.75) is 18.3 Å². The van der Waals surface area contributed by atoms with Crippen LogP contribution in [-0.2, 0) is 9.59 Å². The number of thioether (sulfide) groups is 1. The first kappa shape index (κ1) is 13.7. The Bertz CT molecular complexity index is 488. The molecular formula is C13H15NO4S. The Morgan fingerprint density at radius 2 is 2.00 bits per heavy atom. The molecule has 1 saturated heterocycles. The summed E-state index contributed by atoms with van der Waals surface area (Å²) in [6, 6.07) is 6.58. The molecule has 2 atom stereocenters. The van der Waals surface area contributed by atoms with Crippen molar-refractivity contribution in [2.75, 3.05) is 12.9 Å². The van der Waals surface area contributed by atoms with E-state index in [1.54, 1.807) is 7.11 Å². The minimum atomic E-state index is -0.960.